The molecule has 0 fully saturated rings. The predicted molar refractivity (Wildman–Crippen MR) is 126 cm³/mol. The Bertz CT molecular complexity index is 1240. The second-order valence-electron chi connectivity index (χ2n) is 7.73. The van der Waals surface area contributed by atoms with E-state index in [4.69, 9.17) is 4.74 Å². The van der Waals surface area contributed by atoms with Crippen LogP contribution >= 0.6 is 0 Å². The van der Waals surface area contributed by atoms with Crippen molar-refractivity contribution < 1.29 is 18.7 Å². The van der Waals surface area contributed by atoms with E-state index in [1.54, 1.807) is 36.4 Å². The molecule has 0 aliphatic carbocycles. The number of ether oxygens (including phenoxy) is 1. The van der Waals surface area contributed by atoms with Crippen molar-refractivity contribution in [3.8, 4) is 5.75 Å². The summed E-state index contributed by atoms with van der Waals surface area (Å²) in [4.78, 5) is 31.1. The first-order chi connectivity index (χ1) is 16.5. The summed E-state index contributed by atoms with van der Waals surface area (Å²) in [6.07, 6.45) is 3.84. The zero-order valence-corrected chi connectivity index (χ0v) is 18.8. The normalized spacial score (nSPS) is 10.8. The lowest BCUT2D eigenvalue weighted by Crippen LogP contribution is -2.40. The van der Waals surface area contributed by atoms with Gasteiger partial charge in [-0.2, -0.15) is 0 Å². The summed E-state index contributed by atoms with van der Waals surface area (Å²) in [5.74, 6) is -0.239. The van der Waals surface area contributed by atoms with Gasteiger partial charge in [0, 0.05) is 31.0 Å². The number of halogens is 1. The quantitative estimate of drug-likeness (QED) is 0.412. The molecule has 2 aromatic heterocycles. The van der Waals surface area contributed by atoms with Crippen LogP contribution in [0.1, 0.15) is 28.5 Å². The average Bonchev–Trinajstić information content (AvgIpc) is 3.29. The predicted octanol–water partition coefficient (Wildman–Crippen LogP) is 3.83. The summed E-state index contributed by atoms with van der Waals surface area (Å²) >= 11 is 0. The number of likely N-dealkylation sites (N-methyl/N-ethyl adjacent to an activating group) is 1. The van der Waals surface area contributed by atoms with Gasteiger partial charge in [-0.15, -0.1) is 0 Å². The largest absolute Gasteiger partial charge is 0.487 e. The van der Waals surface area contributed by atoms with E-state index in [9.17, 15) is 14.0 Å². The van der Waals surface area contributed by atoms with Gasteiger partial charge < -0.3 is 19.4 Å². The summed E-state index contributed by atoms with van der Waals surface area (Å²) in [6.45, 7) is 2.71. The maximum atomic E-state index is 13.0. The fourth-order valence-electron chi connectivity index (χ4n) is 3.45. The Morgan fingerprint density at radius 3 is 2.53 bits per heavy atom. The van der Waals surface area contributed by atoms with Crippen LogP contribution in [-0.2, 0) is 17.9 Å². The Hall–Kier alpha value is -4.20. The minimum Gasteiger partial charge on any atom is -0.487 e. The number of hydrogen-bond acceptors (Lipinski definition) is 4. The number of nitrogens with one attached hydrogen (secondary N) is 1. The first-order valence-corrected chi connectivity index (χ1v) is 11.0. The molecule has 0 atom stereocenters. The van der Waals surface area contributed by atoms with E-state index in [1.807, 2.05) is 41.9 Å². The third-order valence-corrected chi connectivity index (χ3v) is 5.31. The number of benzene rings is 2. The van der Waals surface area contributed by atoms with Crippen molar-refractivity contribution in [1.29, 1.82) is 0 Å². The molecular formula is C26H25FN4O3. The molecule has 8 heteroatoms. The number of fused-ring (bicyclic) bond motifs is 1. The maximum absolute atomic E-state index is 13.0. The fraction of sp³-hybridized carbons (Fsp3) is 0.192. The highest BCUT2D eigenvalue weighted by Gasteiger charge is 2.17. The van der Waals surface area contributed by atoms with Crippen LogP contribution in [0.4, 0.5) is 4.39 Å². The Morgan fingerprint density at radius 1 is 1.06 bits per heavy atom. The zero-order valence-electron chi connectivity index (χ0n) is 18.8. The van der Waals surface area contributed by atoms with Crippen molar-refractivity contribution in [2.75, 3.05) is 13.1 Å². The number of carbonyl (C=O) groups excluding carboxylic acids is 2. The molecule has 2 amide bonds. The monoisotopic (exact) mass is 460 g/mol. The fourth-order valence-corrected chi connectivity index (χ4v) is 3.45. The number of imidazole rings is 1. The SMILES string of the molecule is CCN(CC(=O)NCc1ccc(F)cc1)C(=O)c1ccc(OCc2cn3ccccc3n2)cc1. The molecule has 0 bridgehead atoms. The van der Waals surface area contributed by atoms with Crippen molar-refractivity contribution in [2.45, 2.75) is 20.1 Å². The summed E-state index contributed by atoms with van der Waals surface area (Å²) < 4.78 is 20.7. The van der Waals surface area contributed by atoms with Crippen molar-refractivity contribution >= 4 is 17.5 Å². The summed E-state index contributed by atoms with van der Waals surface area (Å²) in [5, 5.41) is 2.76. The van der Waals surface area contributed by atoms with Gasteiger partial charge in [0.05, 0.1) is 12.2 Å². The zero-order chi connectivity index (χ0) is 23.9. The van der Waals surface area contributed by atoms with E-state index < -0.39 is 0 Å². The van der Waals surface area contributed by atoms with Crippen LogP contribution < -0.4 is 10.1 Å². The molecule has 0 aliphatic heterocycles. The number of rotatable bonds is 9. The number of amides is 2. The first kappa shape index (κ1) is 23.0. The molecule has 0 aliphatic rings. The van der Waals surface area contributed by atoms with Crippen LogP contribution in [-0.4, -0.2) is 39.2 Å². The topological polar surface area (TPSA) is 75.9 Å². The Labute approximate surface area is 196 Å². The van der Waals surface area contributed by atoms with Crippen molar-refractivity contribution in [1.82, 2.24) is 19.6 Å². The molecule has 1 N–H and O–H groups in total. The van der Waals surface area contributed by atoms with Gasteiger partial charge >= 0.3 is 0 Å². The molecule has 0 saturated carbocycles. The third-order valence-electron chi connectivity index (χ3n) is 5.31. The minimum atomic E-state index is -0.329. The van der Waals surface area contributed by atoms with E-state index in [0.29, 0.717) is 24.5 Å². The lowest BCUT2D eigenvalue weighted by Gasteiger charge is -2.20. The van der Waals surface area contributed by atoms with Crippen molar-refractivity contribution in [3.05, 3.63) is 102 Å². The van der Waals surface area contributed by atoms with E-state index in [1.165, 1.54) is 17.0 Å². The Balaban J connectivity index is 1.29. The maximum Gasteiger partial charge on any atom is 0.254 e. The van der Waals surface area contributed by atoms with Crippen molar-refractivity contribution in [2.24, 2.45) is 0 Å². The highest BCUT2D eigenvalue weighted by atomic mass is 19.1. The van der Waals surface area contributed by atoms with Crippen LogP contribution in [0.3, 0.4) is 0 Å². The van der Waals surface area contributed by atoms with E-state index >= 15 is 0 Å². The number of carbonyl (C=O) groups is 2. The summed E-state index contributed by atoms with van der Waals surface area (Å²) in [6, 6.07) is 18.5. The Kier molecular flexibility index (Phi) is 7.17. The van der Waals surface area contributed by atoms with Gasteiger partial charge in [-0.05, 0) is 61.0 Å². The van der Waals surface area contributed by atoms with Crippen LogP contribution in [0.2, 0.25) is 0 Å². The van der Waals surface area contributed by atoms with E-state index in [-0.39, 0.29) is 30.7 Å². The van der Waals surface area contributed by atoms with Gasteiger partial charge in [-0.1, -0.05) is 18.2 Å². The molecule has 7 nitrogen and oxygen atoms in total. The lowest BCUT2D eigenvalue weighted by molar-refractivity contribution is -0.121. The van der Waals surface area contributed by atoms with E-state index in [0.717, 1.165) is 16.9 Å². The number of aromatic nitrogens is 2. The Morgan fingerprint density at radius 2 is 1.82 bits per heavy atom. The van der Waals surface area contributed by atoms with Gasteiger partial charge in [0.1, 0.15) is 23.8 Å². The molecule has 174 valence electrons. The van der Waals surface area contributed by atoms with Gasteiger partial charge in [0.15, 0.2) is 0 Å². The molecule has 0 unspecified atom stereocenters. The highest BCUT2D eigenvalue weighted by molar-refractivity contribution is 5.96. The number of hydrogen-bond donors (Lipinski definition) is 1. The van der Waals surface area contributed by atoms with Crippen molar-refractivity contribution in [3.63, 3.8) is 0 Å². The molecule has 2 aromatic carbocycles. The van der Waals surface area contributed by atoms with Crippen LogP contribution in [0.25, 0.3) is 5.65 Å². The molecule has 0 spiro atoms. The molecule has 4 rings (SSSR count). The second kappa shape index (κ2) is 10.6. The van der Waals surface area contributed by atoms with E-state index in [2.05, 4.69) is 10.3 Å². The summed E-state index contributed by atoms with van der Waals surface area (Å²) in [7, 11) is 0. The average molecular weight is 461 g/mol. The lowest BCUT2D eigenvalue weighted by atomic mass is 10.2. The van der Waals surface area contributed by atoms with Gasteiger partial charge in [0.25, 0.3) is 5.91 Å². The molecule has 0 radical (unpaired) electrons. The molecule has 2 heterocycles. The standard InChI is InChI=1S/C26H25FN4O3/c1-2-30(17-25(32)28-15-19-6-10-21(27)11-7-19)26(33)20-8-12-23(13-9-20)34-18-22-16-31-14-4-3-5-24(31)29-22/h3-14,16H,2,15,17-18H2,1H3,(H,28,32). The molecule has 34 heavy (non-hydrogen) atoms. The first-order valence-electron chi connectivity index (χ1n) is 11.0. The highest BCUT2D eigenvalue weighted by Crippen LogP contribution is 2.16. The van der Waals surface area contributed by atoms with Crippen LogP contribution in [0.5, 0.6) is 5.75 Å². The van der Waals surface area contributed by atoms with Gasteiger partial charge in [-0.3, -0.25) is 9.59 Å². The number of nitrogens with zero attached hydrogens (tertiary/aromatic N) is 3. The third kappa shape index (κ3) is 5.78. The second-order valence-corrected chi connectivity index (χ2v) is 7.73. The summed E-state index contributed by atoms with van der Waals surface area (Å²) in [5.41, 5.74) is 2.90. The van der Waals surface area contributed by atoms with Crippen LogP contribution in [0, 0.1) is 5.82 Å². The van der Waals surface area contributed by atoms with Gasteiger partial charge in [-0.25, -0.2) is 9.37 Å². The molecular weight excluding hydrogens is 435 g/mol. The van der Waals surface area contributed by atoms with Gasteiger partial charge in [0.2, 0.25) is 5.91 Å². The molecule has 0 saturated heterocycles. The minimum absolute atomic E-state index is 0.0668. The van der Waals surface area contributed by atoms with Crippen LogP contribution in [0.15, 0.2) is 79.1 Å². The molecule has 4 aromatic rings. The number of pyridine rings is 1. The smallest absolute Gasteiger partial charge is 0.254 e.